The van der Waals surface area contributed by atoms with Gasteiger partial charge in [-0.3, -0.25) is 4.90 Å². The molecule has 1 saturated heterocycles. The zero-order valence-electron chi connectivity index (χ0n) is 15.2. The minimum absolute atomic E-state index is 0.0289. The van der Waals surface area contributed by atoms with Crippen LogP contribution in [0.4, 0.5) is 5.82 Å². The molecule has 0 bridgehead atoms. The van der Waals surface area contributed by atoms with Crippen molar-refractivity contribution in [3.8, 4) is 0 Å². The van der Waals surface area contributed by atoms with E-state index in [1.54, 1.807) is 6.07 Å². The smallest absolute Gasteiger partial charge is 0.242 e. The van der Waals surface area contributed by atoms with Crippen molar-refractivity contribution >= 4 is 15.8 Å². The Morgan fingerprint density at radius 2 is 1.75 bits per heavy atom. The number of piperazine rings is 1. The van der Waals surface area contributed by atoms with E-state index in [1.807, 2.05) is 19.9 Å². The molecule has 0 unspecified atom stereocenters. The van der Waals surface area contributed by atoms with Crippen LogP contribution in [0.1, 0.15) is 40.5 Å². The van der Waals surface area contributed by atoms with Gasteiger partial charge in [-0.15, -0.1) is 0 Å². The Bertz CT molecular complexity index is 604. The number of hydrogen-bond donors (Lipinski definition) is 1. The number of rotatable bonds is 7. The summed E-state index contributed by atoms with van der Waals surface area (Å²) in [4.78, 5) is 9.27. The molecule has 0 amide bonds. The summed E-state index contributed by atoms with van der Waals surface area (Å²) in [6, 6.07) is 4.00. The van der Waals surface area contributed by atoms with Crippen molar-refractivity contribution < 1.29 is 8.42 Å². The Morgan fingerprint density at radius 3 is 2.21 bits per heavy atom. The lowest BCUT2D eigenvalue weighted by molar-refractivity contribution is 0.209. The molecule has 1 fully saturated rings. The second kappa shape index (κ2) is 8.27. The first-order valence-corrected chi connectivity index (χ1v) is 10.3. The molecule has 136 valence electrons. The van der Waals surface area contributed by atoms with Crippen LogP contribution in [0.5, 0.6) is 0 Å². The van der Waals surface area contributed by atoms with Crippen LogP contribution >= 0.6 is 0 Å². The molecule has 1 N–H and O–H groups in total. The molecule has 2 rings (SSSR count). The van der Waals surface area contributed by atoms with Gasteiger partial charge in [0.1, 0.15) is 10.7 Å². The molecule has 0 aliphatic carbocycles. The Labute approximate surface area is 146 Å². The van der Waals surface area contributed by atoms with Crippen LogP contribution in [0, 0.1) is 0 Å². The fraction of sp³-hybridized carbons (Fsp3) is 0.706. The highest BCUT2D eigenvalue weighted by atomic mass is 32.2. The molecule has 0 saturated carbocycles. The van der Waals surface area contributed by atoms with Crippen molar-refractivity contribution in [2.45, 2.75) is 57.5 Å². The Morgan fingerprint density at radius 1 is 1.12 bits per heavy atom. The number of anilines is 1. The van der Waals surface area contributed by atoms with E-state index in [9.17, 15) is 8.42 Å². The van der Waals surface area contributed by atoms with Gasteiger partial charge in [-0.25, -0.2) is 18.1 Å². The number of pyridine rings is 1. The third-order valence-corrected chi connectivity index (χ3v) is 6.21. The largest absolute Gasteiger partial charge is 0.354 e. The lowest BCUT2D eigenvalue weighted by Gasteiger charge is -2.37. The highest BCUT2D eigenvalue weighted by Gasteiger charge is 2.21. The van der Waals surface area contributed by atoms with Crippen LogP contribution in [0.15, 0.2) is 23.2 Å². The van der Waals surface area contributed by atoms with Crippen LogP contribution in [-0.2, 0) is 10.0 Å². The van der Waals surface area contributed by atoms with Crippen molar-refractivity contribution in [3.05, 3.63) is 18.3 Å². The average molecular weight is 355 g/mol. The highest BCUT2D eigenvalue weighted by Crippen LogP contribution is 2.17. The molecule has 1 aliphatic rings. The van der Waals surface area contributed by atoms with Crippen molar-refractivity contribution in [1.82, 2.24) is 14.6 Å². The van der Waals surface area contributed by atoms with Crippen LogP contribution in [-0.4, -0.2) is 56.6 Å². The molecular weight excluding hydrogens is 324 g/mol. The van der Waals surface area contributed by atoms with Gasteiger partial charge in [-0.1, -0.05) is 13.8 Å². The zero-order valence-corrected chi connectivity index (χ0v) is 16.0. The summed E-state index contributed by atoms with van der Waals surface area (Å²) >= 11 is 0. The summed E-state index contributed by atoms with van der Waals surface area (Å²) in [6.45, 7) is 12.2. The Balaban J connectivity index is 2.03. The monoisotopic (exact) mass is 354 g/mol. The molecule has 0 radical (unpaired) electrons. The molecule has 6 nitrogen and oxygen atoms in total. The number of aromatic nitrogens is 1. The van der Waals surface area contributed by atoms with Crippen LogP contribution in [0.25, 0.3) is 0 Å². The Hall–Kier alpha value is -1.18. The maximum Gasteiger partial charge on any atom is 0.242 e. The van der Waals surface area contributed by atoms with Crippen molar-refractivity contribution in [2.75, 3.05) is 31.1 Å². The fourth-order valence-electron chi connectivity index (χ4n) is 2.93. The molecule has 1 aromatic heterocycles. The summed E-state index contributed by atoms with van der Waals surface area (Å²) in [7, 11) is -3.49. The molecule has 0 spiro atoms. The van der Waals surface area contributed by atoms with Gasteiger partial charge in [0, 0.05) is 44.5 Å². The van der Waals surface area contributed by atoms with E-state index in [1.165, 1.54) is 6.20 Å². The predicted molar refractivity (Wildman–Crippen MR) is 97.9 cm³/mol. The van der Waals surface area contributed by atoms with Gasteiger partial charge in [-0.2, -0.15) is 0 Å². The number of hydrogen-bond acceptors (Lipinski definition) is 5. The highest BCUT2D eigenvalue weighted by molar-refractivity contribution is 7.89. The summed E-state index contributed by atoms with van der Waals surface area (Å²) in [5, 5.41) is 0. The summed E-state index contributed by atoms with van der Waals surface area (Å²) in [5.74, 6) is 0.847. The third-order valence-electron chi connectivity index (χ3n) is 4.71. The SMILES string of the molecule is CCC(CC)NS(=O)(=O)c1ccc(N2CCN(C(C)C)CC2)nc1. The number of sulfonamides is 1. The molecule has 1 aliphatic heterocycles. The van der Waals surface area contributed by atoms with E-state index in [0.29, 0.717) is 6.04 Å². The maximum atomic E-state index is 12.4. The van der Waals surface area contributed by atoms with E-state index in [0.717, 1.165) is 44.8 Å². The van der Waals surface area contributed by atoms with Gasteiger partial charge >= 0.3 is 0 Å². The molecular formula is C17H30N4O2S. The van der Waals surface area contributed by atoms with Gasteiger partial charge in [0.2, 0.25) is 10.0 Å². The summed E-state index contributed by atoms with van der Waals surface area (Å²) < 4.78 is 27.5. The van der Waals surface area contributed by atoms with Crippen LogP contribution in [0.3, 0.4) is 0 Å². The van der Waals surface area contributed by atoms with Gasteiger partial charge in [0.15, 0.2) is 0 Å². The van der Waals surface area contributed by atoms with E-state index in [-0.39, 0.29) is 10.9 Å². The first-order chi connectivity index (χ1) is 11.4. The van der Waals surface area contributed by atoms with E-state index in [2.05, 4.69) is 33.4 Å². The van der Waals surface area contributed by atoms with Crippen molar-refractivity contribution in [2.24, 2.45) is 0 Å². The quantitative estimate of drug-likeness (QED) is 0.812. The van der Waals surface area contributed by atoms with E-state index >= 15 is 0 Å². The van der Waals surface area contributed by atoms with Crippen LogP contribution < -0.4 is 9.62 Å². The zero-order chi connectivity index (χ0) is 17.7. The maximum absolute atomic E-state index is 12.4. The molecule has 7 heteroatoms. The topological polar surface area (TPSA) is 65.5 Å². The molecule has 2 heterocycles. The summed E-state index contributed by atoms with van der Waals surface area (Å²) in [5.41, 5.74) is 0. The first kappa shape index (κ1) is 19.1. The molecule has 0 aromatic carbocycles. The van der Waals surface area contributed by atoms with Crippen LogP contribution in [0.2, 0.25) is 0 Å². The first-order valence-electron chi connectivity index (χ1n) is 8.84. The van der Waals surface area contributed by atoms with Crippen molar-refractivity contribution in [3.63, 3.8) is 0 Å². The van der Waals surface area contributed by atoms with Gasteiger partial charge in [0.05, 0.1) is 0 Å². The summed E-state index contributed by atoms with van der Waals surface area (Å²) in [6.07, 6.45) is 3.03. The molecule has 0 atom stereocenters. The Kier molecular flexibility index (Phi) is 6.60. The van der Waals surface area contributed by atoms with E-state index in [4.69, 9.17) is 0 Å². The van der Waals surface area contributed by atoms with Gasteiger partial charge < -0.3 is 4.90 Å². The standard InChI is InChI=1S/C17H30N4O2S/c1-5-15(6-2)19-24(22,23)16-7-8-17(18-13-16)21-11-9-20(10-12-21)14(3)4/h7-8,13-15,19H,5-6,9-12H2,1-4H3. The predicted octanol–water partition coefficient (Wildman–Crippen LogP) is 2.08. The number of nitrogens with one attached hydrogen (secondary N) is 1. The van der Waals surface area contributed by atoms with E-state index < -0.39 is 10.0 Å². The van der Waals surface area contributed by atoms with Crippen molar-refractivity contribution in [1.29, 1.82) is 0 Å². The van der Waals surface area contributed by atoms with Gasteiger partial charge in [-0.05, 0) is 38.8 Å². The second-order valence-corrected chi connectivity index (χ2v) is 8.32. The number of nitrogens with zero attached hydrogens (tertiary/aromatic N) is 3. The second-order valence-electron chi connectivity index (χ2n) is 6.60. The lowest BCUT2D eigenvalue weighted by Crippen LogP contribution is -2.49. The minimum Gasteiger partial charge on any atom is -0.354 e. The average Bonchev–Trinajstić information content (AvgIpc) is 2.60. The fourth-order valence-corrected chi connectivity index (χ4v) is 4.28. The molecule has 24 heavy (non-hydrogen) atoms. The third kappa shape index (κ3) is 4.68. The van der Waals surface area contributed by atoms with Gasteiger partial charge in [0.25, 0.3) is 0 Å². The lowest BCUT2D eigenvalue weighted by atomic mass is 10.2. The minimum atomic E-state index is -3.49. The molecule has 1 aromatic rings. The normalized spacial score (nSPS) is 17.0.